The summed E-state index contributed by atoms with van der Waals surface area (Å²) in [5, 5.41) is 11.7. The first-order valence-corrected chi connectivity index (χ1v) is 9.86. The van der Waals surface area contributed by atoms with Crippen LogP contribution in [-0.2, 0) is 18.4 Å². The molecule has 7 heteroatoms. The SMILES string of the molecule is CC(C)N(CC(=O)N(Cc1cccn1C)C1CC1)C(=O)Nc1ccc(C#N)cc1. The van der Waals surface area contributed by atoms with Crippen LogP contribution in [0.3, 0.4) is 0 Å². The van der Waals surface area contributed by atoms with E-state index >= 15 is 0 Å². The van der Waals surface area contributed by atoms with Gasteiger partial charge in [-0.1, -0.05) is 0 Å². The van der Waals surface area contributed by atoms with Gasteiger partial charge in [-0.3, -0.25) is 4.79 Å². The minimum atomic E-state index is -0.326. The smallest absolute Gasteiger partial charge is 0.322 e. The maximum absolute atomic E-state index is 13.1. The van der Waals surface area contributed by atoms with Gasteiger partial charge in [0, 0.05) is 36.7 Å². The van der Waals surface area contributed by atoms with Gasteiger partial charge >= 0.3 is 6.03 Å². The average Bonchev–Trinajstić information content (AvgIpc) is 3.46. The molecule has 1 aromatic heterocycles. The van der Waals surface area contributed by atoms with Crippen molar-refractivity contribution in [3.8, 4) is 6.07 Å². The van der Waals surface area contributed by atoms with Gasteiger partial charge in [0.15, 0.2) is 0 Å². The molecule has 1 saturated carbocycles. The molecule has 1 N–H and O–H groups in total. The lowest BCUT2D eigenvalue weighted by Gasteiger charge is -2.30. The van der Waals surface area contributed by atoms with E-state index in [2.05, 4.69) is 11.4 Å². The third kappa shape index (κ3) is 5.17. The number of benzene rings is 1. The van der Waals surface area contributed by atoms with Crippen molar-refractivity contribution in [1.29, 1.82) is 5.26 Å². The summed E-state index contributed by atoms with van der Waals surface area (Å²) >= 11 is 0. The summed E-state index contributed by atoms with van der Waals surface area (Å²) in [6.07, 6.45) is 3.99. The standard InChI is InChI=1S/C22H27N5O2/c1-16(2)26(22(29)24-18-8-6-17(13-23)7-9-18)15-21(28)27(19-10-11-19)14-20-5-4-12-25(20)3/h4-9,12,16,19H,10-11,14-15H2,1-3H3,(H,24,29). The summed E-state index contributed by atoms with van der Waals surface area (Å²) in [6.45, 7) is 4.37. The number of nitrogens with one attached hydrogen (secondary N) is 1. The predicted octanol–water partition coefficient (Wildman–Crippen LogP) is 3.33. The molecule has 0 atom stereocenters. The van der Waals surface area contributed by atoms with Crippen LogP contribution in [-0.4, -0.2) is 44.9 Å². The van der Waals surface area contributed by atoms with Gasteiger partial charge < -0.3 is 19.7 Å². The first kappa shape index (κ1) is 20.5. The molecule has 1 fully saturated rings. The number of carbonyl (C=O) groups is 2. The maximum Gasteiger partial charge on any atom is 0.322 e. The zero-order chi connectivity index (χ0) is 21.0. The number of aromatic nitrogens is 1. The minimum Gasteiger partial charge on any atom is -0.353 e. The molecule has 0 spiro atoms. The number of carbonyl (C=O) groups excluding carboxylic acids is 2. The summed E-state index contributed by atoms with van der Waals surface area (Å²) in [5.74, 6) is -0.0441. The molecule has 3 rings (SSSR count). The number of aryl methyl sites for hydroxylation is 1. The van der Waals surface area contributed by atoms with Crippen LogP contribution in [0.1, 0.15) is 37.9 Å². The minimum absolute atomic E-state index is 0.0285. The third-order valence-electron chi connectivity index (χ3n) is 5.15. The Balaban J connectivity index is 1.67. The molecule has 0 bridgehead atoms. The second-order valence-electron chi connectivity index (χ2n) is 7.70. The van der Waals surface area contributed by atoms with Crippen LogP contribution in [0.15, 0.2) is 42.6 Å². The molecule has 7 nitrogen and oxygen atoms in total. The summed E-state index contributed by atoms with van der Waals surface area (Å²) in [5.41, 5.74) is 2.19. The molecular formula is C22H27N5O2. The summed E-state index contributed by atoms with van der Waals surface area (Å²) in [7, 11) is 1.97. The number of urea groups is 1. The molecule has 0 saturated heterocycles. The Morgan fingerprint density at radius 3 is 2.45 bits per heavy atom. The molecule has 3 amide bonds. The highest BCUT2D eigenvalue weighted by molar-refractivity contribution is 5.92. The lowest BCUT2D eigenvalue weighted by molar-refractivity contribution is -0.133. The van der Waals surface area contributed by atoms with Gasteiger partial charge in [-0.2, -0.15) is 5.26 Å². The monoisotopic (exact) mass is 393 g/mol. The van der Waals surface area contributed by atoms with Crippen molar-refractivity contribution in [2.24, 2.45) is 7.05 Å². The average molecular weight is 393 g/mol. The van der Waals surface area contributed by atoms with Crippen LogP contribution in [0, 0.1) is 11.3 Å². The second kappa shape index (κ2) is 8.82. The highest BCUT2D eigenvalue weighted by Gasteiger charge is 2.34. The lowest BCUT2D eigenvalue weighted by atomic mass is 10.2. The van der Waals surface area contributed by atoms with Crippen LogP contribution in [0.2, 0.25) is 0 Å². The number of amides is 3. The Labute approximate surface area is 171 Å². The first-order valence-electron chi connectivity index (χ1n) is 9.86. The molecule has 152 valence electrons. The third-order valence-corrected chi connectivity index (χ3v) is 5.15. The predicted molar refractivity (Wildman–Crippen MR) is 111 cm³/mol. The number of anilines is 1. The van der Waals surface area contributed by atoms with Crippen LogP contribution in [0.25, 0.3) is 0 Å². The molecule has 0 unspecified atom stereocenters. The van der Waals surface area contributed by atoms with Crippen LogP contribution in [0.4, 0.5) is 10.5 Å². The van der Waals surface area contributed by atoms with E-state index in [1.165, 1.54) is 0 Å². The van der Waals surface area contributed by atoms with Crippen LogP contribution >= 0.6 is 0 Å². The normalized spacial score (nSPS) is 13.1. The van der Waals surface area contributed by atoms with E-state index in [9.17, 15) is 9.59 Å². The van der Waals surface area contributed by atoms with Crippen LogP contribution < -0.4 is 5.32 Å². The number of hydrogen-bond donors (Lipinski definition) is 1. The number of nitriles is 1. The van der Waals surface area contributed by atoms with Crippen molar-refractivity contribution in [2.45, 2.75) is 45.3 Å². The fourth-order valence-corrected chi connectivity index (χ4v) is 3.19. The fraction of sp³-hybridized carbons (Fsp3) is 0.409. The van der Waals surface area contributed by atoms with Gasteiger partial charge in [0.05, 0.1) is 18.2 Å². The highest BCUT2D eigenvalue weighted by atomic mass is 16.2. The molecule has 0 aliphatic heterocycles. The van der Waals surface area contributed by atoms with Crippen molar-refractivity contribution >= 4 is 17.6 Å². The van der Waals surface area contributed by atoms with Gasteiger partial charge in [0.2, 0.25) is 5.91 Å². The van der Waals surface area contributed by atoms with Gasteiger partial charge in [-0.15, -0.1) is 0 Å². The van der Waals surface area contributed by atoms with E-state index in [4.69, 9.17) is 5.26 Å². The molecule has 1 aliphatic rings. The van der Waals surface area contributed by atoms with E-state index in [0.717, 1.165) is 18.5 Å². The van der Waals surface area contributed by atoms with E-state index in [-0.39, 0.29) is 30.6 Å². The van der Waals surface area contributed by atoms with E-state index in [1.807, 2.05) is 48.7 Å². The van der Waals surface area contributed by atoms with E-state index in [1.54, 1.807) is 29.2 Å². The second-order valence-corrected chi connectivity index (χ2v) is 7.70. The van der Waals surface area contributed by atoms with Crippen molar-refractivity contribution < 1.29 is 9.59 Å². The first-order chi connectivity index (χ1) is 13.9. The van der Waals surface area contributed by atoms with Crippen molar-refractivity contribution in [2.75, 3.05) is 11.9 Å². The van der Waals surface area contributed by atoms with E-state index in [0.29, 0.717) is 17.8 Å². The number of nitrogens with zero attached hydrogens (tertiary/aromatic N) is 4. The Morgan fingerprint density at radius 1 is 1.24 bits per heavy atom. The largest absolute Gasteiger partial charge is 0.353 e. The zero-order valence-electron chi connectivity index (χ0n) is 17.1. The maximum atomic E-state index is 13.1. The van der Waals surface area contributed by atoms with Crippen LogP contribution in [0.5, 0.6) is 0 Å². The highest BCUT2D eigenvalue weighted by Crippen LogP contribution is 2.28. The lowest BCUT2D eigenvalue weighted by Crippen LogP contribution is -2.48. The number of hydrogen-bond acceptors (Lipinski definition) is 3. The molecule has 0 radical (unpaired) electrons. The molecule has 29 heavy (non-hydrogen) atoms. The van der Waals surface area contributed by atoms with Gasteiger partial charge in [-0.25, -0.2) is 4.79 Å². The number of rotatable bonds is 7. The van der Waals surface area contributed by atoms with Gasteiger partial charge in [-0.05, 0) is 63.1 Å². The Morgan fingerprint density at radius 2 is 1.93 bits per heavy atom. The Kier molecular flexibility index (Phi) is 6.23. The molecular weight excluding hydrogens is 366 g/mol. The van der Waals surface area contributed by atoms with Gasteiger partial charge in [0.1, 0.15) is 6.54 Å². The van der Waals surface area contributed by atoms with Crippen molar-refractivity contribution in [3.63, 3.8) is 0 Å². The summed E-state index contributed by atoms with van der Waals surface area (Å²) < 4.78 is 2.01. The fourth-order valence-electron chi connectivity index (χ4n) is 3.19. The molecule has 2 aromatic rings. The Bertz CT molecular complexity index is 906. The van der Waals surface area contributed by atoms with Crippen molar-refractivity contribution in [3.05, 3.63) is 53.9 Å². The van der Waals surface area contributed by atoms with E-state index < -0.39 is 0 Å². The molecule has 1 aromatic carbocycles. The van der Waals surface area contributed by atoms with Crippen molar-refractivity contribution in [1.82, 2.24) is 14.4 Å². The zero-order valence-corrected chi connectivity index (χ0v) is 17.1. The summed E-state index contributed by atoms with van der Waals surface area (Å²) in [4.78, 5) is 29.3. The Hall–Kier alpha value is -3.27. The molecule has 1 heterocycles. The summed E-state index contributed by atoms with van der Waals surface area (Å²) in [6, 6.07) is 12.5. The topological polar surface area (TPSA) is 81.4 Å². The van der Waals surface area contributed by atoms with Gasteiger partial charge in [0.25, 0.3) is 0 Å². The quantitative estimate of drug-likeness (QED) is 0.783. The molecule has 1 aliphatic carbocycles.